The Labute approximate surface area is 326 Å². The number of carbonyl (C=O) groups excluding carboxylic acids is 2. The first-order chi connectivity index (χ1) is 24.8. The number of aliphatic imine (C=N–C) groups is 1. The maximum atomic E-state index is 13.0. The minimum Gasteiger partial charge on any atom is -0.496 e. The molecule has 2 atom stereocenters. The summed E-state index contributed by atoms with van der Waals surface area (Å²) in [6.07, 6.45) is 8.95. The van der Waals surface area contributed by atoms with Gasteiger partial charge >= 0.3 is 6.09 Å². The fourth-order valence-corrected chi connectivity index (χ4v) is 7.25. The molecule has 0 radical (unpaired) electrons. The Bertz CT molecular complexity index is 1710. The number of hydrogen-bond donors (Lipinski definition) is 1. The minimum atomic E-state index is -0.585. The molecule has 2 unspecified atom stereocenters. The lowest BCUT2D eigenvalue weighted by molar-refractivity contribution is -0.120. The summed E-state index contributed by atoms with van der Waals surface area (Å²) >= 11 is 10.7. The molecule has 2 aromatic rings. The number of benzene rings is 2. The van der Waals surface area contributed by atoms with E-state index in [1.165, 1.54) is 17.5 Å². The summed E-state index contributed by atoms with van der Waals surface area (Å²) in [7, 11) is 5.18. The van der Waals surface area contributed by atoms with Gasteiger partial charge in [0.1, 0.15) is 11.4 Å². The molecule has 282 valence electrons. The fourth-order valence-electron chi connectivity index (χ4n) is 5.59. The Morgan fingerprint density at radius 2 is 1.92 bits per heavy atom. The topological polar surface area (TPSA) is 119 Å². The lowest BCUT2D eigenvalue weighted by Crippen LogP contribution is -2.40. The molecule has 2 N–H and O–H groups in total. The number of thiocarbonyl (C=S) groups is 1. The van der Waals surface area contributed by atoms with Gasteiger partial charge in [-0.25, -0.2) is 9.79 Å². The van der Waals surface area contributed by atoms with Crippen LogP contribution in [0.4, 0.5) is 10.5 Å². The number of methoxy groups -OCH3 is 2. The van der Waals surface area contributed by atoms with Crippen LogP contribution in [0.25, 0.3) is 0 Å². The molecule has 0 fully saturated rings. The van der Waals surface area contributed by atoms with Crippen LogP contribution in [-0.4, -0.2) is 79.3 Å². The highest BCUT2D eigenvalue weighted by atomic mass is 79.9. The average Bonchev–Trinajstić information content (AvgIpc) is 3.33. The van der Waals surface area contributed by atoms with E-state index >= 15 is 0 Å². The third-order valence-electron chi connectivity index (χ3n) is 8.21. The van der Waals surface area contributed by atoms with Crippen molar-refractivity contribution in [3.8, 4) is 5.75 Å². The third-order valence-corrected chi connectivity index (χ3v) is 10.6. The van der Waals surface area contributed by atoms with Gasteiger partial charge in [-0.1, -0.05) is 44.2 Å². The molecule has 52 heavy (non-hydrogen) atoms. The molecule has 4 rings (SSSR count). The van der Waals surface area contributed by atoms with Crippen molar-refractivity contribution in [1.29, 1.82) is 0 Å². The zero-order valence-corrected chi connectivity index (χ0v) is 34.6. The van der Waals surface area contributed by atoms with E-state index < -0.39 is 5.60 Å². The largest absolute Gasteiger partial charge is 0.496 e. The Kier molecular flexibility index (Phi) is 16.2. The maximum absolute atomic E-state index is 13.0. The lowest BCUT2D eigenvalue weighted by Gasteiger charge is -2.35. The summed E-state index contributed by atoms with van der Waals surface area (Å²) in [4.78, 5) is 33.4. The number of ether oxygens (including phenoxy) is 4. The van der Waals surface area contributed by atoms with Crippen molar-refractivity contribution in [2.45, 2.75) is 77.2 Å². The highest BCUT2D eigenvalue weighted by Gasteiger charge is 2.29. The zero-order chi connectivity index (χ0) is 38.6. The lowest BCUT2D eigenvalue weighted by atomic mass is 9.91. The number of amides is 1. The second-order valence-corrected chi connectivity index (χ2v) is 14.9. The van der Waals surface area contributed by atoms with E-state index in [1.807, 2.05) is 83.0 Å². The molecule has 0 aromatic heterocycles. The number of nitrogens with zero attached hydrogens (tertiary/aromatic N) is 4. The van der Waals surface area contributed by atoms with Crippen molar-refractivity contribution >= 4 is 69.8 Å². The average molecular weight is 817 g/mol. The number of hydrogen-bond acceptors (Lipinski definition) is 9. The highest BCUT2D eigenvalue weighted by Crippen LogP contribution is 2.43. The first kappa shape index (κ1) is 42.6. The summed E-state index contributed by atoms with van der Waals surface area (Å²) in [5.41, 5.74) is 9.90. The number of carbonyl (C=O) groups is 2. The second-order valence-electron chi connectivity index (χ2n) is 12.6. The van der Waals surface area contributed by atoms with Gasteiger partial charge < -0.3 is 34.5 Å². The second kappa shape index (κ2) is 19.8. The monoisotopic (exact) mass is 815 g/mol. The number of halogens is 1. The smallest absolute Gasteiger partial charge is 0.410 e. The quantitative estimate of drug-likeness (QED) is 0.0779. The number of rotatable bonds is 11. The predicted octanol–water partition coefficient (Wildman–Crippen LogP) is 8.12. The summed E-state index contributed by atoms with van der Waals surface area (Å²) in [5, 5.41) is 0.235. The highest BCUT2D eigenvalue weighted by molar-refractivity contribution is 9.10. The molecule has 14 heteroatoms. The van der Waals surface area contributed by atoms with Crippen molar-refractivity contribution in [3.63, 3.8) is 0 Å². The van der Waals surface area contributed by atoms with E-state index in [4.69, 9.17) is 36.9 Å². The number of allylic oxidation sites excluding steroid dienone is 1. The molecule has 11 nitrogen and oxygen atoms in total. The molecule has 1 amide bonds. The van der Waals surface area contributed by atoms with Crippen LogP contribution in [-0.2, 0) is 32.0 Å². The van der Waals surface area contributed by atoms with Gasteiger partial charge in [-0.2, -0.15) is 0 Å². The molecule has 2 aromatic carbocycles. The first-order valence-corrected chi connectivity index (χ1v) is 18.9. The van der Waals surface area contributed by atoms with E-state index in [0.29, 0.717) is 48.2 Å². The van der Waals surface area contributed by atoms with Gasteiger partial charge in [0, 0.05) is 42.2 Å². The molecule has 1 aliphatic carbocycles. The molecular weight excluding hydrogens is 766 g/mol. The Morgan fingerprint density at radius 3 is 2.56 bits per heavy atom. The van der Waals surface area contributed by atoms with Crippen molar-refractivity contribution in [3.05, 3.63) is 87.1 Å². The normalized spacial score (nSPS) is 16.0. The molecule has 0 saturated carbocycles. The van der Waals surface area contributed by atoms with Crippen molar-refractivity contribution < 1.29 is 28.5 Å². The van der Waals surface area contributed by atoms with Gasteiger partial charge in [-0.05, 0) is 115 Å². The van der Waals surface area contributed by atoms with Crippen LogP contribution in [0.15, 0.2) is 80.3 Å². The molecule has 1 heterocycles. The molecular formula is C38H50BrN5O6S2. The van der Waals surface area contributed by atoms with Gasteiger partial charge in [-0.15, -0.1) is 0 Å². The van der Waals surface area contributed by atoms with E-state index in [2.05, 4.69) is 40.0 Å². The van der Waals surface area contributed by atoms with Crippen LogP contribution in [0.5, 0.6) is 5.75 Å². The molecule has 1 aliphatic heterocycles. The van der Waals surface area contributed by atoms with Crippen LogP contribution < -0.4 is 15.4 Å². The van der Waals surface area contributed by atoms with Crippen LogP contribution in [0.2, 0.25) is 0 Å². The van der Waals surface area contributed by atoms with Gasteiger partial charge in [0.2, 0.25) is 5.11 Å². The van der Waals surface area contributed by atoms with Gasteiger partial charge in [0.15, 0.2) is 5.75 Å². The van der Waals surface area contributed by atoms with Crippen molar-refractivity contribution in [2.24, 2.45) is 10.7 Å². The van der Waals surface area contributed by atoms with Crippen molar-refractivity contribution in [2.75, 3.05) is 39.3 Å². The third kappa shape index (κ3) is 11.1. The van der Waals surface area contributed by atoms with Gasteiger partial charge in [-0.3, -0.25) is 9.10 Å². The maximum Gasteiger partial charge on any atom is 0.410 e. The van der Waals surface area contributed by atoms with E-state index in [1.54, 1.807) is 29.5 Å². The predicted molar refractivity (Wildman–Crippen MR) is 217 cm³/mol. The van der Waals surface area contributed by atoms with Crippen LogP contribution in [0, 0.1) is 0 Å². The summed E-state index contributed by atoms with van der Waals surface area (Å²) in [6.45, 7) is 13.4. The van der Waals surface area contributed by atoms with E-state index in [9.17, 15) is 9.59 Å². The van der Waals surface area contributed by atoms with Gasteiger partial charge in [0.05, 0.1) is 37.8 Å². The Morgan fingerprint density at radius 1 is 1.21 bits per heavy atom. The first-order valence-electron chi connectivity index (χ1n) is 17.0. The Hall–Kier alpha value is -3.85. The SMILES string of the molecule is CC.COC1=C(CN(Sc2cc(OC=O)c(N(C)C(C)c3cccc4c3CN(C(=O)OC(C)(C)C)CC4)cc2Br)C(=S)/N=C\N)C=CC(OC)C=C1. The molecule has 0 spiro atoms. The van der Waals surface area contributed by atoms with Crippen LogP contribution in [0.1, 0.15) is 64.3 Å². The molecule has 2 aliphatic rings. The van der Waals surface area contributed by atoms with Crippen LogP contribution in [0.3, 0.4) is 0 Å². The Balaban J connectivity index is 0.00000358. The summed E-state index contributed by atoms with van der Waals surface area (Å²) in [5.74, 6) is 1.00. The van der Waals surface area contributed by atoms with Crippen molar-refractivity contribution in [1.82, 2.24) is 9.21 Å². The number of nitrogens with two attached hydrogens (primary N) is 1. The molecule has 0 saturated heterocycles. The summed E-state index contributed by atoms with van der Waals surface area (Å²) < 4.78 is 24.9. The standard InChI is InChI=1S/C36H44BrN5O6S2.C2H6/c1-23(27-10-8-9-24-15-16-41(20-28(24)27)35(44)48-36(2,3)4)40(5)30-17-29(37)33(18-32(30)47-22-43)50-42(34(49)39-21-38)19-25-11-12-26(45-6)13-14-31(25)46-7;1-2/h8-14,17-18,21-23,26H,15-16,19-20H2,1-7H3,(H2,38,39,49);1-2H3. The van der Waals surface area contributed by atoms with E-state index in [-0.39, 0.29) is 23.4 Å². The van der Waals surface area contributed by atoms with E-state index in [0.717, 1.165) is 33.9 Å². The number of fused-ring (bicyclic) bond motifs is 1. The minimum absolute atomic E-state index is 0.156. The van der Waals surface area contributed by atoms with Gasteiger partial charge in [0.25, 0.3) is 6.47 Å². The summed E-state index contributed by atoms with van der Waals surface area (Å²) in [6, 6.07) is 9.75. The number of anilines is 1. The van der Waals surface area contributed by atoms with Crippen LogP contribution >= 0.6 is 40.1 Å². The molecule has 0 bridgehead atoms. The fraction of sp³-hybridized carbons (Fsp3) is 0.421. The zero-order valence-electron chi connectivity index (χ0n) is 31.3.